The quantitative estimate of drug-likeness (QED) is 0.380. The van der Waals surface area contributed by atoms with Gasteiger partial charge in [0.05, 0.1) is 38.0 Å². The van der Waals surface area contributed by atoms with E-state index < -0.39 is 22.5 Å². The van der Waals surface area contributed by atoms with Gasteiger partial charge < -0.3 is 19.5 Å². The number of benzene rings is 3. The van der Waals surface area contributed by atoms with Crippen molar-refractivity contribution in [3.05, 3.63) is 77.3 Å². The number of anilines is 1. The molecule has 0 radical (unpaired) electrons. The van der Waals surface area contributed by atoms with Crippen molar-refractivity contribution in [1.29, 1.82) is 0 Å². The number of sulfonamides is 1. The van der Waals surface area contributed by atoms with Crippen LogP contribution in [0.1, 0.15) is 24.9 Å². The highest BCUT2D eigenvalue weighted by molar-refractivity contribution is 7.92. The van der Waals surface area contributed by atoms with Crippen LogP contribution in [-0.2, 0) is 14.8 Å². The summed E-state index contributed by atoms with van der Waals surface area (Å²) >= 11 is 6.14. The van der Waals surface area contributed by atoms with Crippen molar-refractivity contribution in [2.75, 3.05) is 32.2 Å². The van der Waals surface area contributed by atoms with Gasteiger partial charge in [-0.15, -0.1) is 0 Å². The Kier molecular flexibility index (Phi) is 9.06. The van der Waals surface area contributed by atoms with Crippen molar-refractivity contribution in [2.24, 2.45) is 0 Å². The molecule has 192 valence electrons. The Bertz CT molecular complexity index is 1300. The lowest BCUT2D eigenvalue weighted by molar-refractivity contribution is -0.120. The van der Waals surface area contributed by atoms with Crippen LogP contribution in [0.4, 0.5) is 5.69 Å². The fourth-order valence-corrected chi connectivity index (χ4v) is 5.28. The van der Waals surface area contributed by atoms with Gasteiger partial charge in [0.1, 0.15) is 12.3 Å². The second-order valence-electron chi connectivity index (χ2n) is 7.81. The van der Waals surface area contributed by atoms with Gasteiger partial charge in [-0.1, -0.05) is 30.7 Å². The van der Waals surface area contributed by atoms with Crippen LogP contribution in [0, 0.1) is 0 Å². The normalized spacial score (nSPS) is 11.9. The standard InChI is InChI=1S/C26H29ClN2O6S/c1-5-23(18-9-14-24(34-3)25(15-18)35-4)28-26(30)17-29(20-8-6-7-19(27)16-20)36(31,32)22-12-10-21(33-2)11-13-22/h6-16,23H,5,17H2,1-4H3,(H,28,30). The number of rotatable bonds is 11. The van der Waals surface area contributed by atoms with Crippen molar-refractivity contribution in [2.45, 2.75) is 24.3 Å². The number of nitrogens with one attached hydrogen (secondary N) is 1. The third kappa shape index (κ3) is 6.22. The third-order valence-electron chi connectivity index (χ3n) is 5.58. The van der Waals surface area contributed by atoms with Crippen LogP contribution in [0.5, 0.6) is 17.2 Å². The molecule has 0 heterocycles. The molecule has 0 aliphatic carbocycles. The minimum Gasteiger partial charge on any atom is -0.497 e. The maximum absolute atomic E-state index is 13.6. The summed E-state index contributed by atoms with van der Waals surface area (Å²) in [6.45, 7) is 1.48. The van der Waals surface area contributed by atoms with Crippen LogP contribution in [0.25, 0.3) is 0 Å². The van der Waals surface area contributed by atoms with Crippen molar-refractivity contribution < 1.29 is 27.4 Å². The number of nitrogens with zero attached hydrogens (tertiary/aromatic N) is 1. The van der Waals surface area contributed by atoms with Crippen LogP contribution in [0.3, 0.4) is 0 Å². The van der Waals surface area contributed by atoms with Crippen LogP contribution in [0.15, 0.2) is 71.6 Å². The maximum Gasteiger partial charge on any atom is 0.264 e. The second kappa shape index (κ2) is 12.0. The first kappa shape index (κ1) is 27.2. The molecular formula is C26H29ClN2O6S. The molecule has 0 aliphatic heterocycles. The predicted molar refractivity (Wildman–Crippen MR) is 140 cm³/mol. The van der Waals surface area contributed by atoms with E-state index in [2.05, 4.69) is 5.32 Å². The van der Waals surface area contributed by atoms with Crippen LogP contribution in [-0.4, -0.2) is 42.2 Å². The molecule has 1 unspecified atom stereocenters. The van der Waals surface area contributed by atoms with Gasteiger partial charge in [-0.3, -0.25) is 9.10 Å². The predicted octanol–water partition coefficient (Wildman–Crippen LogP) is 4.83. The SMILES string of the molecule is CCC(NC(=O)CN(c1cccc(Cl)c1)S(=O)(=O)c1ccc(OC)cc1)c1ccc(OC)c(OC)c1. The molecule has 0 fully saturated rings. The Morgan fingerprint density at radius 3 is 2.22 bits per heavy atom. The molecular weight excluding hydrogens is 504 g/mol. The molecule has 36 heavy (non-hydrogen) atoms. The number of halogens is 1. The number of hydrogen-bond acceptors (Lipinski definition) is 6. The average Bonchev–Trinajstić information content (AvgIpc) is 2.89. The summed E-state index contributed by atoms with van der Waals surface area (Å²) in [6.07, 6.45) is 0.573. The van der Waals surface area contributed by atoms with E-state index in [-0.39, 0.29) is 16.6 Å². The summed E-state index contributed by atoms with van der Waals surface area (Å²) in [6, 6.07) is 17.3. The van der Waals surface area contributed by atoms with E-state index >= 15 is 0 Å². The fourth-order valence-electron chi connectivity index (χ4n) is 3.68. The van der Waals surface area contributed by atoms with E-state index in [9.17, 15) is 13.2 Å². The number of carbonyl (C=O) groups excluding carboxylic acids is 1. The lowest BCUT2D eigenvalue weighted by Gasteiger charge is -2.26. The number of ether oxygens (including phenoxy) is 3. The van der Waals surface area contributed by atoms with E-state index in [1.165, 1.54) is 32.4 Å². The van der Waals surface area contributed by atoms with E-state index in [1.807, 2.05) is 13.0 Å². The minimum absolute atomic E-state index is 0.0167. The largest absolute Gasteiger partial charge is 0.497 e. The monoisotopic (exact) mass is 532 g/mol. The van der Waals surface area contributed by atoms with E-state index in [1.54, 1.807) is 49.6 Å². The van der Waals surface area contributed by atoms with Crippen LogP contribution < -0.4 is 23.8 Å². The van der Waals surface area contributed by atoms with E-state index in [0.717, 1.165) is 9.87 Å². The molecule has 8 nitrogen and oxygen atoms in total. The van der Waals surface area contributed by atoms with Crippen molar-refractivity contribution in [3.8, 4) is 17.2 Å². The zero-order chi connectivity index (χ0) is 26.3. The van der Waals surface area contributed by atoms with Gasteiger partial charge >= 0.3 is 0 Å². The topological polar surface area (TPSA) is 94.2 Å². The first-order valence-electron chi connectivity index (χ1n) is 11.2. The fraction of sp³-hybridized carbons (Fsp3) is 0.269. The lowest BCUT2D eigenvalue weighted by atomic mass is 10.0. The van der Waals surface area contributed by atoms with Crippen molar-refractivity contribution in [3.63, 3.8) is 0 Å². The Morgan fingerprint density at radius 1 is 0.944 bits per heavy atom. The summed E-state index contributed by atoms with van der Waals surface area (Å²) in [5.41, 5.74) is 1.07. The van der Waals surface area contributed by atoms with Gasteiger partial charge in [0.2, 0.25) is 5.91 Å². The van der Waals surface area contributed by atoms with Crippen LogP contribution >= 0.6 is 11.6 Å². The summed E-state index contributed by atoms with van der Waals surface area (Å²) in [5, 5.41) is 3.28. The smallest absolute Gasteiger partial charge is 0.264 e. The van der Waals surface area contributed by atoms with Crippen LogP contribution in [0.2, 0.25) is 5.02 Å². The molecule has 0 spiro atoms. The molecule has 0 saturated carbocycles. The van der Waals surface area contributed by atoms with Gasteiger partial charge in [0.25, 0.3) is 10.0 Å². The number of hydrogen-bond donors (Lipinski definition) is 1. The molecule has 0 bridgehead atoms. The highest BCUT2D eigenvalue weighted by Crippen LogP contribution is 2.31. The Labute approximate surface area is 216 Å². The molecule has 3 aromatic rings. The third-order valence-corrected chi connectivity index (χ3v) is 7.61. The molecule has 1 amide bonds. The minimum atomic E-state index is -4.10. The summed E-state index contributed by atoms with van der Waals surface area (Å²) in [4.78, 5) is 13.2. The zero-order valence-electron chi connectivity index (χ0n) is 20.5. The Balaban J connectivity index is 1.91. The van der Waals surface area contributed by atoms with Gasteiger partial charge in [0.15, 0.2) is 11.5 Å². The Hall–Kier alpha value is -3.43. The highest BCUT2D eigenvalue weighted by Gasteiger charge is 2.28. The molecule has 10 heteroatoms. The van der Waals surface area contributed by atoms with E-state index in [4.69, 9.17) is 25.8 Å². The molecule has 1 atom stereocenters. The molecule has 0 aromatic heterocycles. The first-order chi connectivity index (χ1) is 17.2. The summed E-state index contributed by atoms with van der Waals surface area (Å²) in [5.74, 6) is 1.14. The summed E-state index contributed by atoms with van der Waals surface area (Å²) in [7, 11) is 0.480. The van der Waals surface area contributed by atoms with Crippen molar-refractivity contribution in [1.82, 2.24) is 5.32 Å². The van der Waals surface area contributed by atoms with E-state index in [0.29, 0.717) is 28.7 Å². The lowest BCUT2D eigenvalue weighted by Crippen LogP contribution is -2.42. The number of methoxy groups -OCH3 is 3. The number of amides is 1. The first-order valence-corrected chi connectivity index (χ1v) is 13.0. The maximum atomic E-state index is 13.6. The van der Waals surface area contributed by atoms with Gasteiger partial charge in [-0.2, -0.15) is 0 Å². The van der Waals surface area contributed by atoms with Gasteiger partial charge in [-0.05, 0) is 66.6 Å². The zero-order valence-corrected chi connectivity index (χ0v) is 22.1. The number of carbonyl (C=O) groups is 1. The second-order valence-corrected chi connectivity index (χ2v) is 10.1. The van der Waals surface area contributed by atoms with Gasteiger partial charge in [0, 0.05) is 5.02 Å². The average molecular weight is 533 g/mol. The Morgan fingerprint density at radius 2 is 1.64 bits per heavy atom. The highest BCUT2D eigenvalue weighted by atomic mass is 35.5. The van der Waals surface area contributed by atoms with Gasteiger partial charge in [-0.25, -0.2) is 8.42 Å². The molecule has 1 N–H and O–H groups in total. The molecule has 0 aliphatic rings. The summed E-state index contributed by atoms with van der Waals surface area (Å²) < 4.78 is 44.0. The molecule has 0 saturated heterocycles. The molecule has 3 aromatic carbocycles. The van der Waals surface area contributed by atoms with Crippen molar-refractivity contribution >= 4 is 33.2 Å². The molecule has 3 rings (SSSR count).